The van der Waals surface area contributed by atoms with Crippen LogP contribution in [0.2, 0.25) is 0 Å². The van der Waals surface area contributed by atoms with Crippen LogP contribution in [0.4, 0.5) is 10.5 Å². The number of hydrogen-bond acceptors (Lipinski definition) is 5. The molecule has 1 saturated heterocycles. The van der Waals surface area contributed by atoms with Crippen molar-refractivity contribution in [3.05, 3.63) is 41.6 Å². The minimum absolute atomic E-state index is 0.299. The molecule has 0 saturated carbocycles. The van der Waals surface area contributed by atoms with Gasteiger partial charge in [-0.05, 0) is 17.7 Å². The maximum atomic E-state index is 11.5. The number of aliphatic imine (C=N–C) groups is 1. The highest BCUT2D eigenvalue weighted by atomic mass is 16.6. The molecular formula is C15H15N3O3. The number of carbonyl (C=O) groups excluding carboxylic acids is 2. The summed E-state index contributed by atoms with van der Waals surface area (Å²) < 4.78 is 4.92. The van der Waals surface area contributed by atoms with Gasteiger partial charge in [-0.3, -0.25) is 9.69 Å². The van der Waals surface area contributed by atoms with Gasteiger partial charge in [-0.15, -0.1) is 0 Å². The lowest BCUT2D eigenvalue weighted by atomic mass is 10.1. The molecule has 1 aromatic rings. The van der Waals surface area contributed by atoms with Gasteiger partial charge in [0.2, 0.25) is 0 Å². The van der Waals surface area contributed by atoms with E-state index in [-0.39, 0.29) is 6.09 Å². The van der Waals surface area contributed by atoms with Crippen LogP contribution in [-0.4, -0.2) is 43.3 Å². The summed E-state index contributed by atoms with van der Waals surface area (Å²) in [6, 6.07) is 7.74. The number of anilines is 1. The number of carbonyl (C=O) groups is 2. The highest BCUT2D eigenvalue weighted by molar-refractivity contribution is 5.89. The first kappa shape index (κ1) is 13.4. The number of amides is 1. The molecule has 0 atom stereocenters. The van der Waals surface area contributed by atoms with E-state index in [4.69, 9.17) is 4.74 Å². The van der Waals surface area contributed by atoms with E-state index in [1.807, 2.05) is 29.2 Å². The van der Waals surface area contributed by atoms with Crippen molar-refractivity contribution >= 4 is 24.4 Å². The average Bonchev–Trinajstić information content (AvgIpc) is 2.94. The van der Waals surface area contributed by atoms with E-state index in [0.29, 0.717) is 31.8 Å². The van der Waals surface area contributed by atoms with Crippen LogP contribution < -0.4 is 4.90 Å². The lowest BCUT2D eigenvalue weighted by Gasteiger charge is -2.22. The fraction of sp³-hybridized carbons (Fsp3) is 0.267. The third kappa shape index (κ3) is 2.94. The van der Waals surface area contributed by atoms with Gasteiger partial charge in [-0.2, -0.15) is 0 Å². The van der Waals surface area contributed by atoms with Crippen LogP contribution >= 0.6 is 0 Å². The summed E-state index contributed by atoms with van der Waals surface area (Å²) in [5.74, 6) is 0. The van der Waals surface area contributed by atoms with Crippen molar-refractivity contribution in [1.82, 2.24) is 4.90 Å². The summed E-state index contributed by atoms with van der Waals surface area (Å²) >= 11 is 0. The smallest absolute Gasteiger partial charge is 0.414 e. The molecule has 1 fully saturated rings. The van der Waals surface area contributed by atoms with E-state index >= 15 is 0 Å². The van der Waals surface area contributed by atoms with Crippen LogP contribution in [0.5, 0.6) is 0 Å². The fourth-order valence-corrected chi connectivity index (χ4v) is 2.35. The normalized spacial score (nSPS) is 17.7. The van der Waals surface area contributed by atoms with E-state index in [1.165, 1.54) is 0 Å². The van der Waals surface area contributed by atoms with Crippen LogP contribution in [0.3, 0.4) is 0 Å². The van der Waals surface area contributed by atoms with Crippen LogP contribution in [0, 0.1) is 0 Å². The molecular weight excluding hydrogens is 270 g/mol. The highest BCUT2D eigenvalue weighted by Crippen LogP contribution is 2.20. The average molecular weight is 285 g/mol. The molecule has 0 N–H and O–H groups in total. The van der Waals surface area contributed by atoms with Crippen molar-refractivity contribution in [3.63, 3.8) is 0 Å². The standard InChI is InChI=1S/C15H15N3O3/c19-10-13-7-16-11-17(9-13)8-12-1-3-14(4-2-12)18-5-6-21-15(18)20/h1-4,7,10-11H,5-6,8-9H2. The van der Waals surface area contributed by atoms with E-state index < -0.39 is 0 Å². The number of benzene rings is 1. The quantitative estimate of drug-likeness (QED) is 0.788. The molecule has 0 unspecified atom stereocenters. The van der Waals surface area contributed by atoms with Gasteiger partial charge in [0.15, 0.2) is 0 Å². The third-order valence-electron chi connectivity index (χ3n) is 3.40. The Morgan fingerprint density at radius 2 is 2.10 bits per heavy atom. The molecule has 2 aliphatic heterocycles. The first-order valence-electron chi connectivity index (χ1n) is 6.71. The molecule has 0 bridgehead atoms. The van der Waals surface area contributed by atoms with Gasteiger partial charge in [0.25, 0.3) is 0 Å². The molecule has 2 aliphatic rings. The Balaban J connectivity index is 1.65. The molecule has 6 nitrogen and oxygen atoms in total. The second-order valence-corrected chi connectivity index (χ2v) is 4.92. The molecule has 0 aromatic heterocycles. The van der Waals surface area contributed by atoms with Crippen molar-refractivity contribution < 1.29 is 14.3 Å². The predicted octanol–water partition coefficient (Wildman–Crippen LogP) is 1.57. The second kappa shape index (κ2) is 5.78. The summed E-state index contributed by atoms with van der Waals surface area (Å²) in [6.45, 7) is 2.25. The van der Waals surface area contributed by atoms with Gasteiger partial charge in [-0.1, -0.05) is 12.1 Å². The maximum Gasteiger partial charge on any atom is 0.414 e. The van der Waals surface area contributed by atoms with Gasteiger partial charge in [0, 0.05) is 30.5 Å². The molecule has 0 aliphatic carbocycles. The predicted molar refractivity (Wildman–Crippen MR) is 78.2 cm³/mol. The summed E-state index contributed by atoms with van der Waals surface area (Å²) in [7, 11) is 0. The van der Waals surface area contributed by atoms with Crippen molar-refractivity contribution in [2.45, 2.75) is 6.54 Å². The SMILES string of the molecule is O=CC1=CN=CN(Cc2ccc(N3CCOC3=O)cc2)C1. The number of cyclic esters (lactones) is 1. The molecule has 3 rings (SSSR count). The van der Waals surface area contributed by atoms with Crippen molar-refractivity contribution in [3.8, 4) is 0 Å². The molecule has 0 spiro atoms. The van der Waals surface area contributed by atoms with Crippen molar-refractivity contribution in [2.24, 2.45) is 4.99 Å². The maximum absolute atomic E-state index is 11.5. The second-order valence-electron chi connectivity index (χ2n) is 4.92. The van der Waals surface area contributed by atoms with E-state index in [1.54, 1.807) is 17.4 Å². The molecule has 6 heteroatoms. The van der Waals surface area contributed by atoms with Crippen LogP contribution in [-0.2, 0) is 16.1 Å². The van der Waals surface area contributed by atoms with Gasteiger partial charge in [-0.25, -0.2) is 9.79 Å². The molecule has 2 heterocycles. The van der Waals surface area contributed by atoms with Crippen molar-refractivity contribution in [1.29, 1.82) is 0 Å². The van der Waals surface area contributed by atoms with Gasteiger partial charge < -0.3 is 9.64 Å². The monoisotopic (exact) mass is 285 g/mol. The summed E-state index contributed by atoms with van der Waals surface area (Å²) in [4.78, 5) is 29.9. The Labute approximate surface area is 122 Å². The Bertz CT molecular complexity index is 607. The highest BCUT2D eigenvalue weighted by Gasteiger charge is 2.23. The zero-order valence-corrected chi connectivity index (χ0v) is 11.4. The lowest BCUT2D eigenvalue weighted by Crippen LogP contribution is -2.26. The Morgan fingerprint density at radius 3 is 2.76 bits per heavy atom. The zero-order valence-electron chi connectivity index (χ0n) is 11.4. The topological polar surface area (TPSA) is 62.2 Å². The van der Waals surface area contributed by atoms with Gasteiger partial charge in [0.05, 0.1) is 12.9 Å². The first-order chi connectivity index (χ1) is 10.3. The lowest BCUT2D eigenvalue weighted by molar-refractivity contribution is -0.105. The number of rotatable bonds is 4. The van der Waals surface area contributed by atoms with Crippen LogP contribution in [0.25, 0.3) is 0 Å². The largest absolute Gasteiger partial charge is 0.447 e. The summed E-state index contributed by atoms with van der Waals surface area (Å²) in [5, 5.41) is 0. The Morgan fingerprint density at radius 1 is 1.29 bits per heavy atom. The van der Waals surface area contributed by atoms with Gasteiger partial charge >= 0.3 is 6.09 Å². The zero-order chi connectivity index (χ0) is 14.7. The number of hydrogen-bond donors (Lipinski definition) is 0. The molecule has 0 radical (unpaired) electrons. The van der Waals surface area contributed by atoms with Gasteiger partial charge in [0.1, 0.15) is 12.9 Å². The number of ether oxygens (including phenoxy) is 1. The molecule has 1 amide bonds. The minimum atomic E-state index is -0.299. The Kier molecular flexibility index (Phi) is 3.68. The van der Waals surface area contributed by atoms with Crippen molar-refractivity contribution in [2.75, 3.05) is 24.6 Å². The van der Waals surface area contributed by atoms with Crippen LogP contribution in [0.15, 0.2) is 41.0 Å². The van der Waals surface area contributed by atoms with E-state index in [9.17, 15) is 9.59 Å². The molecule has 108 valence electrons. The van der Waals surface area contributed by atoms with E-state index in [0.717, 1.165) is 17.5 Å². The minimum Gasteiger partial charge on any atom is -0.447 e. The van der Waals surface area contributed by atoms with E-state index in [2.05, 4.69) is 4.99 Å². The third-order valence-corrected chi connectivity index (χ3v) is 3.40. The number of aldehydes is 1. The molecule has 21 heavy (non-hydrogen) atoms. The first-order valence-corrected chi connectivity index (χ1v) is 6.71. The van der Waals surface area contributed by atoms with Crippen LogP contribution in [0.1, 0.15) is 5.56 Å². The Hall–Kier alpha value is -2.63. The summed E-state index contributed by atoms with van der Waals surface area (Å²) in [5.41, 5.74) is 2.58. The number of nitrogens with zero attached hydrogens (tertiary/aromatic N) is 3. The molecule has 1 aromatic carbocycles. The fourth-order valence-electron chi connectivity index (χ4n) is 2.35. The summed E-state index contributed by atoms with van der Waals surface area (Å²) in [6.07, 6.45) is 3.82.